The predicted molar refractivity (Wildman–Crippen MR) is 82.2 cm³/mol. The lowest BCUT2D eigenvalue weighted by Crippen LogP contribution is -2.30. The van der Waals surface area contributed by atoms with Crippen LogP contribution in [0.4, 0.5) is 0 Å². The van der Waals surface area contributed by atoms with Crippen molar-refractivity contribution in [1.29, 1.82) is 0 Å². The minimum atomic E-state index is -3.35. The molecule has 0 saturated heterocycles. The van der Waals surface area contributed by atoms with Crippen LogP contribution in [0.3, 0.4) is 0 Å². The zero-order chi connectivity index (χ0) is 15.7. The third-order valence-corrected chi connectivity index (χ3v) is 4.21. The fraction of sp³-hybridized carbons (Fsp3) is 0.467. The number of nitrogens with one attached hydrogen (secondary N) is 1. The van der Waals surface area contributed by atoms with E-state index < -0.39 is 10.0 Å². The van der Waals surface area contributed by atoms with Crippen molar-refractivity contribution in [2.24, 2.45) is 0 Å². The Morgan fingerprint density at radius 3 is 2.57 bits per heavy atom. The minimum Gasteiger partial charge on any atom is -0.395 e. The van der Waals surface area contributed by atoms with E-state index in [9.17, 15) is 8.42 Å². The lowest BCUT2D eigenvalue weighted by molar-refractivity contribution is 0.216. The van der Waals surface area contributed by atoms with Crippen LogP contribution < -0.4 is 4.72 Å². The van der Waals surface area contributed by atoms with Gasteiger partial charge in [0.05, 0.1) is 19.0 Å². The summed E-state index contributed by atoms with van der Waals surface area (Å²) in [5.74, 6) is 5.70. The highest BCUT2D eigenvalue weighted by molar-refractivity contribution is 7.89. The first-order chi connectivity index (χ1) is 9.98. The summed E-state index contributed by atoms with van der Waals surface area (Å²) in [5, 5.41) is 8.65. The van der Waals surface area contributed by atoms with Crippen molar-refractivity contribution in [2.75, 3.05) is 26.1 Å². The fourth-order valence-electron chi connectivity index (χ4n) is 1.66. The maximum atomic E-state index is 11.8. The monoisotopic (exact) mass is 311 g/mol. The van der Waals surface area contributed by atoms with E-state index in [4.69, 9.17) is 9.84 Å². The first kappa shape index (κ1) is 17.7. The zero-order valence-electron chi connectivity index (χ0n) is 12.3. The third kappa shape index (κ3) is 6.74. The molecule has 0 aliphatic rings. The molecule has 116 valence electrons. The van der Waals surface area contributed by atoms with Gasteiger partial charge in [0.15, 0.2) is 0 Å². The van der Waals surface area contributed by atoms with Gasteiger partial charge < -0.3 is 9.84 Å². The first-order valence-corrected chi connectivity index (χ1v) is 8.32. The van der Waals surface area contributed by atoms with Crippen molar-refractivity contribution < 1.29 is 18.3 Å². The Hall–Kier alpha value is -1.39. The zero-order valence-corrected chi connectivity index (χ0v) is 13.1. The van der Waals surface area contributed by atoms with Crippen molar-refractivity contribution in [2.45, 2.75) is 19.4 Å². The van der Waals surface area contributed by atoms with Crippen molar-refractivity contribution in [3.63, 3.8) is 0 Å². The van der Waals surface area contributed by atoms with Gasteiger partial charge in [-0.2, -0.15) is 0 Å². The van der Waals surface area contributed by atoms with Crippen molar-refractivity contribution in [1.82, 2.24) is 4.72 Å². The van der Waals surface area contributed by atoms with Gasteiger partial charge in [0.25, 0.3) is 0 Å². The number of hydrogen-bond donors (Lipinski definition) is 2. The Morgan fingerprint density at radius 2 is 2.00 bits per heavy atom. The van der Waals surface area contributed by atoms with Gasteiger partial charge in [0.1, 0.15) is 0 Å². The van der Waals surface area contributed by atoms with Gasteiger partial charge in [-0.1, -0.05) is 24.0 Å². The summed E-state index contributed by atoms with van der Waals surface area (Å²) in [4.78, 5) is 0. The minimum absolute atomic E-state index is 0.0470. The lowest BCUT2D eigenvalue weighted by Gasteiger charge is -2.14. The number of sulfonamides is 1. The Morgan fingerprint density at radius 1 is 1.33 bits per heavy atom. The van der Waals surface area contributed by atoms with Crippen LogP contribution in [0, 0.1) is 11.8 Å². The standard InChI is InChI=1S/C15H21NO4S/c1-13(16-21(18,19)12-11-20-2)15-8-6-14(7-9-15)5-3-4-10-17/h6-9,13,16-17H,4,10-12H2,1-2H3. The molecule has 0 bridgehead atoms. The molecule has 5 nitrogen and oxygen atoms in total. The van der Waals surface area contributed by atoms with Gasteiger partial charge in [-0.3, -0.25) is 0 Å². The molecule has 21 heavy (non-hydrogen) atoms. The van der Waals surface area contributed by atoms with Gasteiger partial charge in [-0.25, -0.2) is 13.1 Å². The highest BCUT2D eigenvalue weighted by Crippen LogP contribution is 2.14. The summed E-state index contributed by atoms with van der Waals surface area (Å²) in [7, 11) is -1.88. The summed E-state index contributed by atoms with van der Waals surface area (Å²) in [6.07, 6.45) is 0.442. The Labute approximate surface area is 126 Å². The average molecular weight is 311 g/mol. The number of aliphatic hydroxyl groups is 1. The Kier molecular flexibility index (Phi) is 7.40. The normalized spacial score (nSPS) is 12.5. The topological polar surface area (TPSA) is 75.6 Å². The van der Waals surface area contributed by atoms with E-state index in [2.05, 4.69) is 16.6 Å². The second-order valence-corrected chi connectivity index (χ2v) is 6.42. The summed E-state index contributed by atoms with van der Waals surface area (Å²) in [6, 6.07) is 7.03. The van der Waals surface area contributed by atoms with E-state index in [1.54, 1.807) is 6.92 Å². The van der Waals surface area contributed by atoms with Crippen molar-refractivity contribution in [3.8, 4) is 11.8 Å². The summed E-state index contributed by atoms with van der Waals surface area (Å²) in [6.45, 7) is 2.00. The molecule has 0 radical (unpaired) electrons. The molecular weight excluding hydrogens is 290 g/mol. The van der Waals surface area contributed by atoms with Gasteiger partial charge in [-0.15, -0.1) is 0 Å². The highest BCUT2D eigenvalue weighted by atomic mass is 32.2. The third-order valence-electron chi connectivity index (χ3n) is 2.79. The molecule has 0 aromatic heterocycles. The molecule has 1 unspecified atom stereocenters. The molecule has 0 heterocycles. The Balaban J connectivity index is 2.67. The molecule has 0 aliphatic carbocycles. The summed E-state index contributed by atoms with van der Waals surface area (Å²) < 4.78 is 30.9. The molecule has 2 N–H and O–H groups in total. The quantitative estimate of drug-likeness (QED) is 0.738. The van der Waals surface area contributed by atoms with Crippen LogP contribution in [0.25, 0.3) is 0 Å². The largest absolute Gasteiger partial charge is 0.395 e. The van der Waals surface area contributed by atoms with Crippen LogP contribution in [0.2, 0.25) is 0 Å². The second kappa shape index (κ2) is 8.80. The SMILES string of the molecule is COCCS(=O)(=O)NC(C)c1ccc(C#CCCO)cc1. The van der Waals surface area contributed by atoms with Crippen LogP contribution in [0.15, 0.2) is 24.3 Å². The van der Waals surface area contributed by atoms with E-state index in [1.165, 1.54) is 7.11 Å². The molecule has 1 rings (SSSR count). The molecule has 1 aromatic rings. The predicted octanol–water partition coefficient (Wildman–Crippen LogP) is 1.05. The van der Waals surface area contributed by atoms with Gasteiger partial charge in [-0.05, 0) is 24.6 Å². The number of benzene rings is 1. The van der Waals surface area contributed by atoms with Gasteiger partial charge in [0, 0.05) is 25.1 Å². The van der Waals surface area contributed by atoms with Gasteiger partial charge >= 0.3 is 0 Å². The van der Waals surface area contributed by atoms with Crippen LogP contribution in [-0.2, 0) is 14.8 Å². The second-order valence-electron chi connectivity index (χ2n) is 4.55. The van der Waals surface area contributed by atoms with E-state index in [0.29, 0.717) is 6.42 Å². The molecule has 0 fully saturated rings. The number of rotatable bonds is 7. The van der Waals surface area contributed by atoms with Gasteiger partial charge in [0.2, 0.25) is 10.0 Å². The van der Waals surface area contributed by atoms with Crippen LogP contribution >= 0.6 is 0 Å². The molecule has 1 atom stereocenters. The maximum Gasteiger partial charge on any atom is 0.214 e. The van der Waals surface area contributed by atoms with E-state index in [0.717, 1.165) is 11.1 Å². The van der Waals surface area contributed by atoms with Crippen molar-refractivity contribution >= 4 is 10.0 Å². The summed E-state index contributed by atoms with van der Waals surface area (Å²) in [5.41, 5.74) is 1.70. The number of aliphatic hydroxyl groups excluding tert-OH is 1. The van der Waals surface area contributed by atoms with E-state index in [-0.39, 0.29) is 25.0 Å². The molecule has 0 saturated carbocycles. The molecule has 0 aliphatic heterocycles. The van der Waals surface area contributed by atoms with Crippen LogP contribution in [-0.4, -0.2) is 39.6 Å². The van der Waals surface area contributed by atoms with Crippen LogP contribution in [0.1, 0.15) is 30.5 Å². The molecule has 6 heteroatoms. The van der Waals surface area contributed by atoms with Crippen LogP contribution in [0.5, 0.6) is 0 Å². The molecule has 0 spiro atoms. The molecular formula is C15H21NO4S. The van der Waals surface area contributed by atoms with Crippen molar-refractivity contribution in [3.05, 3.63) is 35.4 Å². The highest BCUT2D eigenvalue weighted by Gasteiger charge is 2.15. The average Bonchev–Trinajstić information content (AvgIpc) is 2.46. The fourth-order valence-corrected chi connectivity index (χ4v) is 2.84. The Bertz CT molecular complexity index is 584. The summed E-state index contributed by atoms with van der Waals surface area (Å²) >= 11 is 0. The number of methoxy groups -OCH3 is 1. The molecule has 1 aromatic carbocycles. The van der Waals surface area contributed by atoms with E-state index >= 15 is 0 Å². The smallest absolute Gasteiger partial charge is 0.214 e. The number of ether oxygens (including phenoxy) is 1. The number of hydrogen-bond acceptors (Lipinski definition) is 4. The first-order valence-electron chi connectivity index (χ1n) is 6.67. The van der Waals surface area contributed by atoms with E-state index in [1.807, 2.05) is 24.3 Å². The maximum absolute atomic E-state index is 11.8. The lowest BCUT2D eigenvalue weighted by atomic mass is 10.1. The molecule has 0 amide bonds.